The highest BCUT2D eigenvalue weighted by molar-refractivity contribution is 7.92. The zero-order chi connectivity index (χ0) is 12.5. The molecule has 2 rings (SSSR count). The van der Waals surface area contributed by atoms with Crippen LogP contribution in [0.25, 0.3) is 0 Å². The molecule has 0 saturated carbocycles. The molecule has 1 heterocycles. The highest BCUT2D eigenvalue weighted by Crippen LogP contribution is 2.21. The summed E-state index contributed by atoms with van der Waals surface area (Å²) in [5.41, 5.74) is 0. The van der Waals surface area contributed by atoms with Crippen molar-refractivity contribution in [2.45, 2.75) is 10.3 Å². The van der Waals surface area contributed by atoms with E-state index in [4.69, 9.17) is 17.6 Å². The number of rotatable bonds is 2. The van der Waals surface area contributed by atoms with Gasteiger partial charge < -0.3 is 0 Å². The van der Waals surface area contributed by atoms with Crippen molar-refractivity contribution in [2.75, 3.05) is 19.6 Å². The van der Waals surface area contributed by atoms with E-state index in [1.807, 2.05) is 0 Å². The minimum Gasteiger partial charge on any atom is -0.267 e. The lowest BCUT2D eigenvalue weighted by Crippen LogP contribution is -2.56. The summed E-state index contributed by atoms with van der Waals surface area (Å²) < 4.78 is 26.1. The number of hydrazine groups is 1. The molecule has 0 radical (unpaired) electrons. The second-order valence-corrected chi connectivity index (χ2v) is 6.50. The summed E-state index contributed by atoms with van der Waals surface area (Å²) in [6, 6.07) is 8.28. The van der Waals surface area contributed by atoms with Gasteiger partial charge in [-0.15, -0.1) is 0 Å². The van der Waals surface area contributed by atoms with Crippen LogP contribution in [0.5, 0.6) is 0 Å². The Balaban J connectivity index is 2.32. The van der Waals surface area contributed by atoms with E-state index in [-0.39, 0.29) is 11.4 Å². The fourth-order valence-corrected chi connectivity index (χ4v) is 3.75. The molecular weight excluding hydrogens is 262 g/mol. The van der Waals surface area contributed by atoms with Crippen molar-refractivity contribution in [3.63, 3.8) is 0 Å². The van der Waals surface area contributed by atoms with Crippen LogP contribution in [-0.2, 0) is 9.84 Å². The van der Waals surface area contributed by atoms with Crippen molar-refractivity contribution in [3.05, 3.63) is 30.3 Å². The van der Waals surface area contributed by atoms with Crippen molar-refractivity contribution in [1.82, 2.24) is 9.43 Å². The Hall–Kier alpha value is -0.660. The van der Waals surface area contributed by atoms with Crippen LogP contribution in [0, 0.1) is 0 Å². The van der Waals surface area contributed by atoms with Gasteiger partial charge in [0.2, 0.25) is 0 Å². The molecule has 0 spiro atoms. The lowest BCUT2D eigenvalue weighted by atomic mass is 10.4. The number of hydrogen-bond acceptors (Lipinski definition) is 5. The molecule has 5 nitrogen and oxygen atoms in total. The number of halogens is 1. The Kier molecular flexibility index (Phi) is 3.70. The first-order chi connectivity index (χ1) is 8.01. The molecule has 0 amide bonds. The van der Waals surface area contributed by atoms with Gasteiger partial charge in [0.1, 0.15) is 5.37 Å². The number of benzene rings is 1. The van der Waals surface area contributed by atoms with E-state index >= 15 is 0 Å². The van der Waals surface area contributed by atoms with Crippen molar-refractivity contribution in [2.24, 2.45) is 5.84 Å². The molecule has 2 N–H and O–H groups in total. The first-order valence-corrected chi connectivity index (χ1v) is 7.11. The predicted octanol–water partition coefficient (Wildman–Crippen LogP) is 0.431. The van der Waals surface area contributed by atoms with Crippen LogP contribution in [0.4, 0.5) is 0 Å². The molecule has 17 heavy (non-hydrogen) atoms. The van der Waals surface area contributed by atoms with Crippen molar-refractivity contribution < 1.29 is 8.42 Å². The molecule has 1 fully saturated rings. The Morgan fingerprint density at radius 2 is 1.88 bits per heavy atom. The normalized spacial score (nSPS) is 23.8. The van der Waals surface area contributed by atoms with Crippen LogP contribution in [0.3, 0.4) is 0 Å². The topological polar surface area (TPSA) is 66.6 Å². The molecule has 0 aromatic heterocycles. The minimum atomic E-state index is -3.47. The summed E-state index contributed by atoms with van der Waals surface area (Å²) in [5, 5.41) is 0.539. The second kappa shape index (κ2) is 4.91. The van der Waals surface area contributed by atoms with Gasteiger partial charge in [-0.05, 0) is 23.9 Å². The molecule has 94 valence electrons. The largest absolute Gasteiger partial charge is 0.267 e. The molecule has 1 unspecified atom stereocenters. The molecule has 7 heteroatoms. The van der Waals surface area contributed by atoms with Crippen molar-refractivity contribution in [3.8, 4) is 0 Å². The number of piperazine rings is 1. The SMILES string of the molecule is NN1CCN(Cl)CC1S(=O)(=O)c1ccccc1. The zero-order valence-corrected chi connectivity index (χ0v) is 10.7. The van der Waals surface area contributed by atoms with E-state index in [9.17, 15) is 8.42 Å². The quantitative estimate of drug-likeness (QED) is 0.626. The van der Waals surface area contributed by atoms with E-state index in [2.05, 4.69) is 0 Å². The molecule has 1 saturated heterocycles. The third-order valence-corrected chi connectivity index (χ3v) is 5.13. The minimum absolute atomic E-state index is 0.204. The summed E-state index contributed by atoms with van der Waals surface area (Å²) in [6.45, 7) is 1.19. The van der Waals surface area contributed by atoms with E-state index in [1.54, 1.807) is 30.3 Å². The highest BCUT2D eigenvalue weighted by atomic mass is 35.5. The molecule has 1 atom stereocenters. The number of nitrogens with zero attached hydrogens (tertiary/aromatic N) is 2. The van der Waals surface area contributed by atoms with E-state index in [1.165, 1.54) is 9.43 Å². The fraction of sp³-hybridized carbons (Fsp3) is 0.400. The van der Waals surface area contributed by atoms with Crippen LogP contribution in [0.2, 0.25) is 0 Å². The zero-order valence-electron chi connectivity index (χ0n) is 9.16. The molecule has 1 aromatic rings. The standard InChI is InChI=1S/C10H14ClN3O2S/c11-13-6-7-14(12)10(8-13)17(15,16)9-4-2-1-3-5-9/h1-5,10H,6-8,12H2. The molecule has 1 aromatic carbocycles. The third-order valence-electron chi connectivity index (χ3n) is 2.75. The van der Waals surface area contributed by atoms with Crippen LogP contribution in [0.1, 0.15) is 0 Å². The molecule has 1 aliphatic rings. The van der Waals surface area contributed by atoms with Crippen LogP contribution >= 0.6 is 11.8 Å². The first-order valence-electron chi connectivity index (χ1n) is 5.23. The fourth-order valence-electron chi connectivity index (χ4n) is 1.78. The van der Waals surface area contributed by atoms with E-state index < -0.39 is 15.2 Å². The molecule has 0 aliphatic carbocycles. The summed E-state index contributed by atoms with van der Waals surface area (Å²) in [4.78, 5) is 0.271. The Morgan fingerprint density at radius 1 is 1.24 bits per heavy atom. The number of sulfone groups is 1. The summed E-state index contributed by atoms with van der Waals surface area (Å²) >= 11 is 5.86. The van der Waals surface area contributed by atoms with Gasteiger partial charge in [-0.1, -0.05) is 18.2 Å². The van der Waals surface area contributed by atoms with Gasteiger partial charge in [0, 0.05) is 19.6 Å². The average molecular weight is 276 g/mol. The second-order valence-electron chi connectivity index (χ2n) is 3.92. The van der Waals surface area contributed by atoms with Gasteiger partial charge in [0.05, 0.1) is 4.90 Å². The summed E-state index contributed by atoms with van der Waals surface area (Å²) in [5.74, 6) is 5.73. The maximum Gasteiger partial charge on any atom is 0.197 e. The van der Waals surface area contributed by atoms with Gasteiger partial charge in [-0.25, -0.2) is 17.8 Å². The van der Waals surface area contributed by atoms with E-state index in [0.29, 0.717) is 13.1 Å². The van der Waals surface area contributed by atoms with Crippen LogP contribution in [0.15, 0.2) is 35.2 Å². The Labute approximate surface area is 106 Å². The monoisotopic (exact) mass is 275 g/mol. The first kappa shape index (κ1) is 12.8. The highest BCUT2D eigenvalue weighted by Gasteiger charge is 2.35. The van der Waals surface area contributed by atoms with E-state index in [0.717, 1.165) is 0 Å². The van der Waals surface area contributed by atoms with Gasteiger partial charge >= 0.3 is 0 Å². The number of hydrogen-bond donors (Lipinski definition) is 1. The maximum absolute atomic E-state index is 12.3. The summed E-state index contributed by atoms with van der Waals surface area (Å²) in [7, 11) is -3.47. The molecule has 0 bridgehead atoms. The van der Waals surface area contributed by atoms with Crippen molar-refractivity contribution in [1.29, 1.82) is 0 Å². The van der Waals surface area contributed by atoms with Gasteiger partial charge in [-0.2, -0.15) is 0 Å². The van der Waals surface area contributed by atoms with Gasteiger partial charge in [-0.3, -0.25) is 5.84 Å². The Bertz CT molecular complexity index is 480. The Morgan fingerprint density at radius 3 is 2.53 bits per heavy atom. The number of nitrogens with two attached hydrogens (primary N) is 1. The van der Waals surface area contributed by atoms with Crippen molar-refractivity contribution >= 4 is 21.6 Å². The van der Waals surface area contributed by atoms with Gasteiger partial charge in [0.15, 0.2) is 9.84 Å². The van der Waals surface area contributed by atoms with Crippen LogP contribution in [-0.4, -0.2) is 42.9 Å². The third kappa shape index (κ3) is 2.61. The van der Waals surface area contributed by atoms with Gasteiger partial charge in [0.25, 0.3) is 0 Å². The lowest BCUT2D eigenvalue weighted by molar-refractivity contribution is 0.167. The smallest absolute Gasteiger partial charge is 0.197 e. The summed E-state index contributed by atoms with van der Waals surface area (Å²) in [6.07, 6.45) is 0. The molecular formula is C10H14ClN3O2S. The maximum atomic E-state index is 12.3. The average Bonchev–Trinajstić information content (AvgIpc) is 2.33. The molecule has 1 aliphatic heterocycles. The van der Waals surface area contributed by atoms with Crippen LogP contribution < -0.4 is 5.84 Å². The lowest BCUT2D eigenvalue weighted by Gasteiger charge is -2.34. The predicted molar refractivity (Wildman–Crippen MR) is 65.7 cm³/mol.